The molecule has 2 amide bonds. The first-order valence-electron chi connectivity index (χ1n) is 10.7. The zero-order valence-electron chi connectivity index (χ0n) is 18.5. The Morgan fingerprint density at radius 2 is 1.91 bits per heavy atom. The molecule has 2 aliphatic rings. The van der Waals surface area contributed by atoms with Gasteiger partial charge in [0, 0.05) is 42.6 Å². The average Bonchev–Trinajstić information content (AvgIpc) is 2.77. The molecule has 0 radical (unpaired) electrons. The molecule has 1 fully saturated rings. The SMILES string of the molecule is CC1CN(C(=O)c2ncccc2Cl)C1.Cc1cncc(N2CCc3cc(Cl)ccc3C2=O)c1. The standard InChI is InChI=1S/C15H13ClN2O.C10H11ClN2O/c1-10-6-13(9-17-8-10)18-5-4-11-7-12(16)2-3-14(11)15(18)19;1-7-5-13(6-7)10(14)9-8(11)3-2-4-12-9/h2-3,6-9H,4-5H2,1H3;2-4,7H,5-6H2,1H3. The van der Waals surface area contributed by atoms with Crippen LogP contribution in [-0.4, -0.2) is 46.3 Å². The van der Waals surface area contributed by atoms with Crippen molar-refractivity contribution in [1.82, 2.24) is 14.9 Å². The van der Waals surface area contributed by atoms with Crippen LogP contribution >= 0.6 is 23.2 Å². The van der Waals surface area contributed by atoms with Gasteiger partial charge in [-0.25, -0.2) is 4.98 Å². The smallest absolute Gasteiger partial charge is 0.274 e. The molecule has 4 heterocycles. The molecule has 8 heteroatoms. The van der Waals surface area contributed by atoms with Crippen LogP contribution < -0.4 is 4.90 Å². The van der Waals surface area contributed by atoms with E-state index in [0.29, 0.717) is 28.2 Å². The van der Waals surface area contributed by atoms with Crippen LogP contribution in [0.25, 0.3) is 0 Å². The van der Waals surface area contributed by atoms with Gasteiger partial charge in [-0.15, -0.1) is 0 Å². The summed E-state index contributed by atoms with van der Waals surface area (Å²) in [6.45, 7) is 6.37. The summed E-state index contributed by atoms with van der Waals surface area (Å²) in [5, 5.41) is 1.11. The maximum Gasteiger partial charge on any atom is 0.274 e. The van der Waals surface area contributed by atoms with Crippen molar-refractivity contribution >= 4 is 40.7 Å². The highest BCUT2D eigenvalue weighted by atomic mass is 35.5. The number of carbonyl (C=O) groups excluding carboxylic acids is 2. The summed E-state index contributed by atoms with van der Waals surface area (Å²) >= 11 is 11.8. The zero-order chi connectivity index (χ0) is 23.5. The van der Waals surface area contributed by atoms with Crippen LogP contribution in [0, 0.1) is 12.8 Å². The van der Waals surface area contributed by atoms with E-state index >= 15 is 0 Å². The molecule has 5 rings (SSSR count). The second-order valence-electron chi connectivity index (χ2n) is 8.38. The van der Waals surface area contributed by atoms with Crippen molar-refractivity contribution in [3.05, 3.63) is 87.4 Å². The highest BCUT2D eigenvalue weighted by molar-refractivity contribution is 6.33. The van der Waals surface area contributed by atoms with Gasteiger partial charge in [-0.3, -0.25) is 14.6 Å². The van der Waals surface area contributed by atoms with Gasteiger partial charge in [-0.05, 0) is 66.8 Å². The van der Waals surface area contributed by atoms with Crippen LogP contribution in [0.4, 0.5) is 5.69 Å². The third kappa shape index (κ3) is 5.18. The molecule has 0 aliphatic carbocycles. The van der Waals surface area contributed by atoms with Crippen LogP contribution in [0.2, 0.25) is 10.0 Å². The summed E-state index contributed by atoms with van der Waals surface area (Å²) in [6, 6.07) is 10.8. The lowest BCUT2D eigenvalue weighted by Gasteiger charge is -2.36. The van der Waals surface area contributed by atoms with Gasteiger partial charge in [-0.1, -0.05) is 30.1 Å². The van der Waals surface area contributed by atoms with Gasteiger partial charge in [0.2, 0.25) is 0 Å². The van der Waals surface area contributed by atoms with Crippen molar-refractivity contribution in [3.8, 4) is 0 Å². The summed E-state index contributed by atoms with van der Waals surface area (Å²) in [7, 11) is 0. The lowest BCUT2D eigenvalue weighted by Crippen LogP contribution is -2.48. The number of pyridine rings is 2. The van der Waals surface area contributed by atoms with E-state index in [-0.39, 0.29) is 11.8 Å². The fourth-order valence-corrected chi connectivity index (χ4v) is 4.34. The largest absolute Gasteiger partial charge is 0.337 e. The van der Waals surface area contributed by atoms with E-state index in [1.54, 1.807) is 52.7 Å². The number of halogens is 2. The number of hydrogen-bond donors (Lipinski definition) is 0. The number of likely N-dealkylation sites (tertiary alicyclic amines) is 1. The summed E-state index contributed by atoms with van der Waals surface area (Å²) in [5.74, 6) is 0.556. The Morgan fingerprint density at radius 1 is 1.12 bits per heavy atom. The third-order valence-corrected chi connectivity index (χ3v) is 6.17. The Labute approximate surface area is 203 Å². The number of nitrogens with zero attached hydrogens (tertiary/aromatic N) is 4. The Hall–Kier alpha value is -2.96. The minimum absolute atomic E-state index is 0.0188. The first-order valence-corrected chi connectivity index (χ1v) is 11.5. The Kier molecular flexibility index (Phi) is 6.96. The molecule has 3 aromatic rings. The lowest BCUT2D eigenvalue weighted by molar-refractivity contribution is 0.0524. The summed E-state index contributed by atoms with van der Waals surface area (Å²) in [6.07, 6.45) is 5.91. The minimum Gasteiger partial charge on any atom is -0.337 e. The molecule has 0 bridgehead atoms. The number of anilines is 1. The van der Waals surface area contributed by atoms with Gasteiger partial charge in [-0.2, -0.15) is 0 Å². The van der Waals surface area contributed by atoms with E-state index in [1.165, 1.54) is 0 Å². The topological polar surface area (TPSA) is 66.4 Å². The first kappa shape index (κ1) is 23.2. The molecule has 0 unspecified atom stereocenters. The number of carbonyl (C=O) groups is 2. The molecule has 0 saturated carbocycles. The van der Waals surface area contributed by atoms with Crippen molar-refractivity contribution in [2.75, 3.05) is 24.5 Å². The van der Waals surface area contributed by atoms with Crippen molar-refractivity contribution < 1.29 is 9.59 Å². The van der Waals surface area contributed by atoms with E-state index in [1.807, 2.05) is 19.1 Å². The van der Waals surface area contributed by atoms with E-state index in [2.05, 4.69) is 16.9 Å². The number of aromatic nitrogens is 2. The van der Waals surface area contributed by atoms with Crippen LogP contribution in [0.1, 0.15) is 38.9 Å². The Bertz CT molecular complexity index is 1190. The number of rotatable bonds is 2. The first-order chi connectivity index (χ1) is 15.8. The molecule has 0 N–H and O–H groups in total. The van der Waals surface area contributed by atoms with Gasteiger partial charge in [0.15, 0.2) is 0 Å². The number of benzene rings is 1. The molecule has 0 spiro atoms. The van der Waals surface area contributed by atoms with Gasteiger partial charge >= 0.3 is 0 Å². The molecule has 1 aromatic carbocycles. The molecular weight excluding hydrogens is 459 g/mol. The number of aryl methyl sites for hydroxylation is 1. The quantitative estimate of drug-likeness (QED) is 0.511. The Balaban J connectivity index is 0.000000165. The van der Waals surface area contributed by atoms with Gasteiger partial charge in [0.05, 0.1) is 16.9 Å². The van der Waals surface area contributed by atoms with Crippen LogP contribution in [0.15, 0.2) is 55.0 Å². The lowest BCUT2D eigenvalue weighted by atomic mass is 9.98. The van der Waals surface area contributed by atoms with Gasteiger partial charge in [0.1, 0.15) is 5.69 Å². The van der Waals surface area contributed by atoms with Crippen LogP contribution in [0.3, 0.4) is 0 Å². The van der Waals surface area contributed by atoms with Crippen molar-refractivity contribution in [2.45, 2.75) is 20.3 Å². The number of hydrogen-bond acceptors (Lipinski definition) is 4. The second-order valence-corrected chi connectivity index (χ2v) is 9.22. The highest BCUT2D eigenvalue weighted by Crippen LogP contribution is 2.26. The maximum absolute atomic E-state index is 12.5. The molecule has 6 nitrogen and oxygen atoms in total. The molecule has 33 heavy (non-hydrogen) atoms. The molecule has 2 aromatic heterocycles. The normalized spacial score (nSPS) is 15.3. The Morgan fingerprint density at radius 3 is 2.61 bits per heavy atom. The van der Waals surface area contributed by atoms with Crippen molar-refractivity contribution in [1.29, 1.82) is 0 Å². The average molecular weight is 483 g/mol. The van der Waals surface area contributed by atoms with E-state index in [0.717, 1.165) is 41.9 Å². The number of amides is 2. The second kappa shape index (κ2) is 9.89. The predicted molar refractivity (Wildman–Crippen MR) is 130 cm³/mol. The van der Waals surface area contributed by atoms with E-state index in [4.69, 9.17) is 23.2 Å². The predicted octanol–water partition coefficient (Wildman–Crippen LogP) is 5.07. The number of fused-ring (bicyclic) bond motifs is 1. The van der Waals surface area contributed by atoms with Crippen molar-refractivity contribution in [3.63, 3.8) is 0 Å². The molecule has 170 valence electrons. The van der Waals surface area contributed by atoms with E-state index < -0.39 is 0 Å². The zero-order valence-corrected chi connectivity index (χ0v) is 20.0. The van der Waals surface area contributed by atoms with Gasteiger partial charge < -0.3 is 9.80 Å². The van der Waals surface area contributed by atoms with Crippen LogP contribution in [-0.2, 0) is 6.42 Å². The maximum atomic E-state index is 12.5. The molecule has 2 aliphatic heterocycles. The minimum atomic E-state index is -0.0614. The molecular formula is C25H24Cl2N4O2. The summed E-state index contributed by atoms with van der Waals surface area (Å²) in [4.78, 5) is 35.9. The highest BCUT2D eigenvalue weighted by Gasteiger charge is 2.29. The van der Waals surface area contributed by atoms with Crippen molar-refractivity contribution in [2.24, 2.45) is 5.92 Å². The molecule has 0 atom stereocenters. The molecule has 1 saturated heterocycles. The van der Waals surface area contributed by atoms with Gasteiger partial charge in [0.25, 0.3) is 11.8 Å². The monoisotopic (exact) mass is 482 g/mol. The fraction of sp³-hybridized carbons (Fsp3) is 0.280. The fourth-order valence-electron chi connectivity index (χ4n) is 3.95. The van der Waals surface area contributed by atoms with Crippen LogP contribution in [0.5, 0.6) is 0 Å². The van der Waals surface area contributed by atoms with E-state index in [9.17, 15) is 9.59 Å². The third-order valence-electron chi connectivity index (χ3n) is 5.63. The summed E-state index contributed by atoms with van der Waals surface area (Å²) in [5.41, 5.74) is 4.02. The summed E-state index contributed by atoms with van der Waals surface area (Å²) < 4.78 is 0.